The first kappa shape index (κ1) is 12.7. The zero-order chi connectivity index (χ0) is 14.1. The topological polar surface area (TPSA) is 55.1 Å². The molecule has 0 amide bonds. The van der Waals surface area contributed by atoms with E-state index in [2.05, 4.69) is 20.4 Å². The van der Waals surface area contributed by atoms with Gasteiger partial charge in [0.1, 0.15) is 28.9 Å². The van der Waals surface area contributed by atoms with E-state index in [4.69, 9.17) is 11.6 Å². The van der Waals surface area contributed by atoms with E-state index < -0.39 is 11.6 Å². The highest BCUT2D eigenvalue weighted by Crippen LogP contribution is 2.16. The fourth-order valence-corrected chi connectivity index (χ4v) is 1.95. The molecule has 0 saturated carbocycles. The van der Waals surface area contributed by atoms with E-state index in [0.717, 1.165) is 18.2 Å². The Labute approximate surface area is 117 Å². The maximum absolute atomic E-state index is 13.5. The van der Waals surface area contributed by atoms with Crippen LogP contribution in [0, 0.1) is 11.6 Å². The molecule has 20 heavy (non-hydrogen) atoms. The van der Waals surface area contributed by atoms with E-state index in [9.17, 15) is 8.78 Å². The number of hydrogen-bond donors (Lipinski definition) is 1. The van der Waals surface area contributed by atoms with E-state index in [1.54, 1.807) is 0 Å². The van der Waals surface area contributed by atoms with Crippen LogP contribution in [0.2, 0.25) is 5.15 Å². The second-order valence-electron chi connectivity index (χ2n) is 4.03. The monoisotopic (exact) mass is 295 g/mol. The molecule has 0 atom stereocenters. The van der Waals surface area contributed by atoms with Crippen molar-refractivity contribution in [2.24, 2.45) is 0 Å². The summed E-state index contributed by atoms with van der Waals surface area (Å²) in [4.78, 5) is 7.87. The Morgan fingerprint density at radius 3 is 2.95 bits per heavy atom. The van der Waals surface area contributed by atoms with Crippen molar-refractivity contribution in [1.82, 2.24) is 19.6 Å². The lowest BCUT2D eigenvalue weighted by Gasteiger charge is -2.09. The van der Waals surface area contributed by atoms with Gasteiger partial charge in [-0.2, -0.15) is 19.6 Å². The van der Waals surface area contributed by atoms with Crippen LogP contribution in [-0.4, -0.2) is 19.6 Å². The summed E-state index contributed by atoms with van der Waals surface area (Å²) in [5, 5.41) is 7.12. The lowest BCUT2D eigenvalue weighted by molar-refractivity contribution is 0.587. The Bertz CT molecular complexity index is 774. The van der Waals surface area contributed by atoms with Crippen LogP contribution >= 0.6 is 11.6 Å². The third-order valence-corrected chi connectivity index (χ3v) is 2.88. The van der Waals surface area contributed by atoms with Crippen LogP contribution in [0.15, 0.2) is 30.6 Å². The average Bonchev–Trinajstić information content (AvgIpc) is 2.87. The predicted octanol–water partition coefficient (Wildman–Crippen LogP) is 2.67. The molecule has 0 radical (unpaired) electrons. The number of aromatic nitrogens is 4. The van der Waals surface area contributed by atoms with Crippen molar-refractivity contribution in [2.45, 2.75) is 6.54 Å². The minimum Gasteiger partial charge on any atom is -0.366 e. The number of fused-ring (bicyclic) bond motifs is 1. The Hall–Kier alpha value is -2.28. The van der Waals surface area contributed by atoms with Crippen LogP contribution in [-0.2, 0) is 6.54 Å². The van der Waals surface area contributed by atoms with Gasteiger partial charge in [0, 0.05) is 18.2 Å². The van der Waals surface area contributed by atoms with Crippen LogP contribution in [0.1, 0.15) is 5.56 Å². The van der Waals surface area contributed by atoms with Gasteiger partial charge in [-0.25, -0.2) is 8.78 Å². The molecule has 1 aromatic carbocycles. The molecule has 0 saturated heterocycles. The molecule has 5 nitrogen and oxygen atoms in total. The van der Waals surface area contributed by atoms with Gasteiger partial charge >= 0.3 is 0 Å². The summed E-state index contributed by atoms with van der Waals surface area (Å²) >= 11 is 5.85. The molecule has 0 aliphatic carbocycles. The Morgan fingerprint density at radius 2 is 2.10 bits per heavy atom. The fraction of sp³-hybridized carbons (Fsp3) is 0.0833. The molecule has 2 heterocycles. The van der Waals surface area contributed by atoms with Crippen LogP contribution in [0.25, 0.3) is 5.78 Å². The maximum Gasteiger partial charge on any atom is 0.255 e. The molecular formula is C12H8ClF2N5. The zero-order valence-corrected chi connectivity index (χ0v) is 10.8. The van der Waals surface area contributed by atoms with Gasteiger partial charge in [-0.1, -0.05) is 11.6 Å². The zero-order valence-electron chi connectivity index (χ0n) is 10.0. The van der Waals surface area contributed by atoms with Gasteiger partial charge < -0.3 is 5.32 Å². The number of nitrogens with zero attached hydrogens (tertiary/aromatic N) is 4. The van der Waals surface area contributed by atoms with Crippen molar-refractivity contribution < 1.29 is 8.78 Å². The summed E-state index contributed by atoms with van der Waals surface area (Å²) in [5.74, 6) is -0.184. The van der Waals surface area contributed by atoms with Crippen molar-refractivity contribution >= 4 is 23.2 Å². The van der Waals surface area contributed by atoms with E-state index in [1.165, 1.54) is 16.9 Å². The Morgan fingerprint density at radius 1 is 1.25 bits per heavy atom. The molecule has 8 heteroatoms. The third-order valence-electron chi connectivity index (χ3n) is 2.69. The lowest BCUT2D eigenvalue weighted by Crippen LogP contribution is -2.07. The van der Waals surface area contributed by atoms with Gasteiger partial charge in [0.15, 0.2) is 0 Å². The summed E-state index contributed by atoms with van der Waals surface area (Å²) in [7, 11) is 0. The number of rotatable bonds is 3. The minimum atomic E-state index is -0.498. The average molecular weight is 296 g/mol. The molecule has 0 aliphatic heterocycles. The SMILES string of the molecule is Fc1ccc(F)c(CNc2cc(Cl)nc3ncnn23)c1. The first-order valence-electron chi connectivity index (χ1n) is 5.67. The van der Waals surface area contributed by atoms with Crippen molar-refractivity contribution in [2.75, 3.05) is 5.32 Å². The third kappa shape index (κ3) is 2.39. The van der Waals surface area contributed by atoms with Gasteiger partial charge in [0.2, 0.25) is 0 Å². The second kappa shape index (κ2) is 5.01. The predicted molar refractivity (Wildman–Crippen MR) is 69.5 cm³/mol. The number of nitrogens with one attached hydrogen (secondary N) is 1. The molecular weight excluding hydrogens is 288 g/mol. The molecule has 2 aromatic heterocycles. The molecule has 0 aliphatic rings. The quantitative estimate of drug-likeness (QED) is 0.755. The minimum absolute atomic E-state index is 0.0822. The van der Waals surface area contributed by atoms with Crippen molar-refractivity contribution in [1.29, 1.82) is 0 Å². The highest BCUT2D eigenvalue weighted by Gasteiger charge is 2.08. The summed E-state index contributed by atoms with van der Waals surface area (Å²) in [5.41, 5.74) is 0.200. The lowest BCUT2D eigenvalue weighted by atomic mass is 10.2. The van der Waals surface area contributed by atoms with Gasteiger partial charge in [0.25, 0.3) is 5.78 Å². The maximum atomic E-state index is 13.5. The molecule has 1 N–H and O–H groups in total. The molecule has 0 unspecified atom stereocenters. The van der Waals surface area contributed by atoms with Gasteiger partial charge in [-0.15, -0.1) is 0 Å². The van der Waals surface area contributed by atoms with E-state index in [-0.39, 0.29) is 17.3 Å². The molecule has 0 bridgehead atoms. The summed E-state index contributed by atoms with van der Waals surface area (Å²) in [6, 6.07) is 4.80. The molecule has 0 spiro atoms. The van der Waals surface area contributed by atoms with Gasteiger partial charge in [-0.05, 0) is 18.2 Å². The van der Waals surface area contributed by atoms with Crippen LogP contribution in [0.4, 0.5) is 14.6 Å². The van der Waals surface area contributed by atoms with Crippen molar-refractivity contribution in [3.8, 4) is 0 Å². The number of hydrogen-bond acceptors (Lipinski definition) is 4. The van der Waals surface area contributed by atoms with Crippen LogP contribution in [0.5, 0.6) is 0 Å². The van der Waals surface area contributed by atoms with Gasteiger partial charge in [-0.3, -0.25) is 0 Å². The highest BCUT2D eigenvalue weighted by molar-refractivity contribution is 6.29. The summed E-state index contributed by atoms with van der Waals surface area (Å²) < 4.78 is 28.0. The smallest absolute Gasteiger partial charge is 0.255 e. The fourth-order valence-electron chi connectivity index (χ4n) is 1.77. The second-order valence-corrected chi connectivity index (χ2v) is 4.41. The largest absolute Gasteiger partial charge is 0.366 e. The first-order valence-corrected chi connectivity index (χ1v) is 6.05. The molecule has 3 aromatic rings. The molecule has 102 valence electrons. The molecule has 3 rings (SSSR count). The first-order chi connectivity index (χ1) is 9.63. The van der Waals surface area contributed by atoms with Crippen LogP contribution < -0.4 is 5.32 Å². The number of benzene rings is 1. The summed E-state index contributed by atoms with van der Waals surface area (Å²) in [6.07, 6.45) is 1.33. The van der Waals surface area contributed by atoms with Crippen molar-refractivity contribution in [3.63, 3.8) is 0 Å². The van der Waals surface area contributed by atoms with Crippen LogP contribution in [0.3, 0.4) is 0 Å². The number of halogens is 3. The van der Waals surface area contributed by atoms with E-state index in [0.29, 0.717) is 11.6 Å². The van der Waals surface area contributed by atoms with Gasteiger partial charge in [0.05, 0.1) is 0 Å². The Kier molecular flexibility index (Phi) is 3.19. The standard InChI is InChI=1S/C12H8ClF2N5/c13-10-4-11(20-12(19-10)17-6-18-20)16-5-7-3-8(14)1-2-9(7)15/h1-4,6,16H,5H2. The normalized spacial score (nSPS) is 10.9. The molecule has 0 fully saturated rings. The number of anilines is 1. The van der Waals surface area contributed by atoms with Crippen molar-refractivity contribution in [3.05, 3.63) is 52.9 Å². The summed E-state index contributed by atoms with van der Waals surface area (Å²) in [6.45, 7) is 0.0822. The van der Waals surface area contributed by atoms with E-state index in [1.807, 2.05) is 0 Å². The van der Waals surface area contributed by atoms with E-state index >= 15 is 0 Å². The highest BCUT2D eigenvalue weighted by atomic mass is 35.5. The Balaban J connectivity index is 1.90.